The quantitative estimate of drug-likeness (QED) is 0.231. The normalized spacial score (nSPS) is 18.8. The van der Waals surface area contributed by atoms with E-state index in [-0.39, 0.29) is 11.2 Å². The van der Waals surface area contributed by atoms with Crippen LogP contribution >= 0.6 is 0 Å². The third-order valence-electron chi connectivity index (χ3n) is 4.72. The van der Waals surface area contributed by atoms with Gasteiger partial charge in [-0.3, -0.25) is 0 Å². The van der Waals surface area contributed by atoms with Crippen molar-refractivity contribution in [2.75, 3.05) is 0 Å². The summed E-state index contributed by atoms with van der Waals surface area (Å²) in [6, 6.07) is 0. The third-order valence-corrected chi connectivity index (χ3v) is 4.72. The molecule has 1 aliphatic rings. The smallest absolute Gasteiger partial charge is 0.228 e. The Bertz CT molecular complexity index is 307. The van der Waals surface area contributed by atoms with Crippen molar-refractivity contribution in [3.8, 4) is 0 Å². The van der Waals surface area contributed by atoms with Gasteiger partial charge >= 0.3 is 0 Å². The van der Waals surface area contributed by atoms with Crippen LogP contribution in [-0.4, -0.2) is 17.0 Å². The first kappa shape index (κ1) is 21.9. The first-order valence-electron chi connectivity index (χ1n) is 9.98. The summed E-state index contributed by atoms with van der Waals surface area (Å²) in [5.74, 6) is -0.759. The molecule has 0 radical (unpaired) electrons. The summed E-state index contributed by atoms with van der Waals surface area (Å²) in [7, 11) is 0. The molecule has 0 spiro atoms. The van der Waals surface area contributed by atoms with Crippen LogP contribution in [-0.2, 0) is 19.6 Å². The molecule has 0 atom stereocenters. The first-order chi connectivity index (χ1) is 11.2. The predicted molar refractivity (Wildman–Crippen MR) is 97.4 cm³/mol. The van der Waals surface area contributed by atoms with Crippen molar-refractivity contribution < 1.29 is 19.6 Å². The maximum atomic E-state index is 5.89. The summed E-state index contributed by atoms with van der Waals surface area (Å²) >= 11 is 0. The molecule has 0 N–H and O–H groups in total. The minimum absolute atomic E-state index is 0.304. The Hall–Kier alpha value is -0.160. The fraction of sp³-hybridized carbons (Fsp3) is 1.00. The highest BCUT2D eigenvalue weighted by atomic mass is 17.3. The van der Waals surface area contributed by atoms with Crippen LogP contribution in [0, 0.1) is 0 Å². The summed E-state index contributed by atoms with van der Waals surface area (Å²) < 4.78 is 0. The van der Waals surface area contributed by atoms with Crippen molar-refractivity contribution >= 4 is 0 Å². The lowest BCUT2D eigenvalue weighted by Gasteiger charge is -2.38. The van der Waals surface area contributed by atoms with Gasteiger partial charge in [-0.15, -0.1) is 0 Å². The van der Waals surface area contributed by atoms with Gasteiger partial charge in [-0.2, -0.15) is 9.78 Å². The SMILES string of the molecule is CCCCC(C)(C)OOC1(OOC(C)(C)CCCC)CCCCC1. The van der Waals surface area contributed by atoms with E-state index in [9.17, 15) is 0 Å². The Kier molecular flexibility index (Phi) is 9.21. The molecule has 144 valence electrons. The summed E-state index contributed by atoms with van der Waals surface area (Å²) in [6.07, 6.45) is 11.5. The maximum absolute atomic E-state index is 5.89. The zero-order chi connectivity index (χ0) is 18.1. The van der Waals surface area contributed by atoms with Gasteiger partial charge in [0.15, 0.2) is 0 Å². The molecule has 4 heteroatoms. The molecule has 1 rings (SSSR count). The molecule has 0 bridgehead atoms. The van der Waals surface area contributed by atoms with Gasteiger partial charge in [-0.05, 0) is 53.4 Å². The fourth-order valence-corrected chi connectivity index (χ4v) is 2.94. The molecule has 1 aliphatic carbocycles. The van der Waals surface area contributed by atoms with E-state index in [1.54, 1.807) is 0 Å². The van der Waals surface area contributed by atoms with E-state index in [4.69, 9.17) is 19.6 Å². The van der Waals surface area contributed by atoms with E-state index in [1.165, 1.54) is 6.42 Å². The van der Waals surface area contributed by atoms with Gasteiger partial charge in [0.05, 0.1) is 11.2 Å². The lowest BCUT2D eigenvalue weighted by atomic mass is 9.94. The van der Waals surface area contributed by atoms with Crippen LogP contribution in [0.15, 0.2) is 0 Å². The second kappa shape index (κ2) is 10.1. The van der Waals surface area contributed by atoms with Crippen molar-refractivity contribution in [2.24, 2.45) is 0 Å². The summed E-state index contributed by atoms with van der Waals surface area (Å²) in [4.78, 5) is 23.4. The van der Waals surface area contributed by atoms with Gasteiger partial charge < -0.3 is 0 Å². The van der Waals surface area contributed by atoms with E-state index in [1.807, 2.05) is 0 Å². The van der Waals surface area contributed by atoms with Crippen LogP contribution in [0.4, 0.5) is 0 Å². The maximum Gasteiger partial charge on any atom is 0.234 e. The van der Waals surface area contributed by atoms with Gasteiger partial charge in [0.25, 0.3) is 0 Å². The van der Waals surface area contributed by atoms with Crippen LogP contribution in [0.25, 0.3) is 0 Å². The van der Waals surface area contributed by atoms with Crippen molar-refractivity contribution in [3.05, 3.63) is 0 Å². The number of rotatable bonds is 12. The van der Waals surface area contributed by atoms with Crippen LogP contribution in [0.2, 0.25) is 0 Å². The molecule has 24 heavy (non-hydrogen) atoms. The molecule has 0 amide bonds. The standard InChI is InChI=1S/C20H40O4/c1-7-9-14-18(3,4)21-23-20(16-12-11-13-17-20)24-22-19(5,6)15-10-8-2/h7-17H2,1-6H3. The number of hydrogen-bond acceptors (Lipinski definition) is 4. The molecular weight excluding hydrogens is 304 g/mol. The van der Waals surface area contributed by atoms with E-state index in [2.05, 4.69) is 41.5 Å². The Balaban J connectivity index is 2.59. The van der Waals surface area contributed by atoms with Crippen LogP contribution < -0.4 is 0 Å². The van der Waals surface area contributed by atoms with Crippen molar-refractivity contribution in [2.45, 2.75) is 129 Å². The third kappa shape index (κ3) is 8.28. The Morgan fingerprint density at radius 2 is 1.12 bits per heavy atom. The zero-order valence-corrected chi connectivity index (χ0v) is 16.9. The van der Waals surface area contributed by atoms with Gasteiger partial charge in [-0.25, -0.2) is 9.78 Å². The average molecular weight is 345 g/mol. The molecule has 0 aromatic rings. The minimum Gasteiger partial charge on any atom is -0.228 e. The van der Waals surface area contributed by atoms with Gasteiger partial charge in [0.2, 0.25) is 5.79 Å². The monoisotopic (exact) mass is 344 g/mol. The van der Waals surface area contributed by atoms with E-state index in [0.717, 1.165) is 64.2 Å². The molecule has 0 heterocycles. The van der Waals surface area contributed by atoms with Crippen molar-refractivity contribution in [1.82, 2.24) is 0 Å². The second-order valence-corrected chi connectivity index (χ2v) is 8.53. The largest absolute Gasteiger partial charge is 0.234 e. The lowest BCUT2D eigenvalue weighted by Crippen LogP contribution is -2.43. The Labute approximate surface area is 149 Å². The summed E-state index contributed by atoms with van der Waals surface area (Å²) in [5, 5.41) is 0. The van der Waals surface area contributed by atoms with Gasteiger partial charge in [-0.1, -0.05) is 46.0 Å². The lowest BCUT2D eigenvalue weighted by molar-refractivity contribution is -0.548. The van der Waals surface area contributed by atoms with Crippen LogP contribution in [0.5, 0.6) is 0 Å². The molecule has 1 saturated carbocycles. The Morgan fingerprint density at radius 3 is 1.50 bits per heavy atom. The minimum atomic E-state index is -0.759. The fourth-order valence-electron chi connectivity index (χ4n) is 2.94. The van der Waals surface area contributed by atoms with E-state index in [0.29, 0.717) is 0 Å². The summed E-state index contributed by atoms with van der Waals surface area (Å²) in [6.45, 7) is 12.7. The Morgan fingerprint density at radius 1 is 0.708 bits per heavy atom. The van der Waals surface area contributed by atoms with E-state index < -0.39 is 5.79 Å². The predicted octanol–water partition coefficient (Wildman–Crippen LogP) is 6.48. The highest BCUT2D eigenvalue weighted by molar-refractivity contribution is 4.75. The average Bonchev–Trinajstić information content (AvgIpc) is 2.56. The molecule has 0 aliphatic heterocycles. The van der Waals surface area contributed by atoms with E-state index >= 15 is 0 Å². The van der Waals surface area contributed by atoms with Crippen molar-refractivity contribution in [1.29, 1.82) is 0 Å². The van der Waals surface area contributed by atoms with Crippen molar-refractivity contribution in [3.63, 3.8) is 0 Å². The number of hydrogen-bond donors (Lipinski definition) is 0. The molecular formula is C20H40O4. The van der Waals surface area contributed by atoms with Gasteiger partial charge in [0, 0.05) is 12.8 Å². The molecule has 0 aromatic heterocycles. The first-order valence-corrected chi connectivity index (χ1v) is 9.98. The molecule has 1 fully saturated rings. The zero-order valence-electron chi connectivity index (χ0n) is 16.9. The molecule has 0 saturated heterocycles. The van der Waals surface area contributed by atoms with Gasteiger partial charge in [0.1, 0.15) is 0 Å². The van der Waals surface area contributed by atoms with Crippen LogP contribution in [0.1, 0.15) is 112 Å². The number of unbranched alkanes of at least 4 members (excludes halogenated alkanes) is 2. The topological polar surface area (TPSA) is 36.9 Å². The second-order valence-electron chi connectivity index (χ2n) is 8.53. The molecule has 0 unspecified atom stereocenters. The highest BCUT2D eigenvalue weighted by Gasteiger charge is 2.40. The van der Waals surface area contributed by atoms with Crippen LogP contribution in [0.3, 0.4) is 0 Å². The molecule has 4 nitrogen and oxygen atoms in total. The highest BCUT2D eigenvalue weighted by Crippen LogP contribution is 2.36. The summed E-state index contributed by atoms with van der Waals surface area (Å²) in [5.41, 5.74) is -0.608. The molecule has 0 aromatic carbocycles.